The molecule has 1 aromatic heterocycles. The topological polar surface area (TPSA) is 64.3 Å². The van der Waals surface area contributed by atoms with Crippen molar-refractivity contribution in [1.29, 1.82) is 0 Å². The van der Waals surface area contributed by atoms with Gasteiger partial charge in [-0.1, -0.05) is 12.1 Å². The van der Waals surface area contributed by atoms with Gasteiger partial charge in [-0.05, 0) is 24.3 Å². The normalized spacial score (nSPS) is 10.6. The number of nitrogens with zero attached hydrogens (tertiary/aromatic N) is 3. The van der Waals surface area contributed by atoms with Crippen molar-refractivity contribution < 1.29 is 4.74 Å². The van der Waals surface area contributed by atoms with Crippen LogP contribution in [0.2, 0.25) is 0 Å². The van der Waals surface area contributed by atoms with Crippen LogP contribution in [0.4, 0.5) is 11.4 Å². The number of benzene rings is 2. The lowest BCUT2D eigenvalue weighted by Crippen LogP contribution is -2.08. The molecule has 0 saturated carbocycles. The highest BCUT2D eigenvalue weighted by Gasteiger charge is 2.07. The molecular weight excluding hydrogens is 264 g/mol. The van der Waals surface area contributed by atoms with Crippen LogP contribution in [0.25, 0.3) is 11.0 Å². The Balaban J connectivity index is 1.96. The fraction of sp³-hybridized carbons (Fsp3) is 0.125. The average Bonchev–Trinajstić information content (AvgIpc) is 2.49. The molecule has 2 aromatic carbocycles. The highest BCUT2D eigenvalue weighted by Crippen LogP contribution is 2.30. The molecule has 0 radical (unpaired) electrons. The minimum Gasteiger partial charge on any atom is -0.435 e. The summed E-state index contributed by atoms with van der Waals surface area (Å²) < 4.78 is 5.78. The van der Waals surface area contributed by atoms with Crippen molar-refractivity contribution >= 4 is 22.4 Å². The summed E-state index contributed by atoms with van der Waals surface area (Å²) in [5.41, 5.74) is 9.15. The molecule has 5 heteroatoms. The smallest absolute Gasteiger partial charge is 0.238 e. The fourth-order valence-electron chi connectivity index (χ4n) is 1.99. The Hall–Kier alpha value is -2.82. The van der Waals surface area contributed by atoms with E-state index in [9.17, 15) is 0 Å². The molecular formula is C16H16N4O. The summed E-state index contributed by atoms with van der Waals surface area (Å²) in [5, 5.41) is 0. The van der Waals surface area contributed by atoms with Gasteiger partial charge in [0.15, 0.2) is 5.75 Å². The Labute approximate surface area is 123 Å². The SMILES string of the molecule is CN(C)c1ccc(N)c(Oc2cnc3ccccc3n2)c1. The summed E-state index contributed by atoms with van der Waals surface area (Å²) in [6, 6.07) is 13.3. The molecule has 0 saturated heterocycles. The molecule has 21 heavy (non-hydrogen) atoms. The number of nitrogen functional groups attached to an aromatic ring is 1. The predicted octanol–water partition coefficient (Wildman–Crippen LogP) is 3.07. The van der Waals surface area contributed by atoms with E-state index in [2.05, 4.69) is 9.97 Å². The van der Waals surface area contributed by atoms with Crippen LogP contribution in [0.5, 0.6) is 11.6 Å². The van der Waals surface area contributed by atoms with Gasteiger partial charge in [0, 0.05) is 25.8 Å². The van der Waals surface area contributed by atoms with E-state index >= 15 is 0 Å². The van der Waals surface area contributed by atoms with Gasteiger partial charge < -0.3 is 15.4 Å². The highest BCUT2D eigenvalue weighted by molar-refractivity contribution is 5.74. The number of hydrogen-bond acceptors (Lipinski definition) is 5. The Morgan fingerprint density at radius 3 is 2.57 bits per heavy atom. The predicted molar refractivity (Wildman–Crippen MR) is 84.8 cm³/mol. The van der Waals surface area contributed by atoms with Crippen LogP contribution in [0.1, 0.15) is 0 Å². The Morgan fingerprint density at radius 1 is 1.05 bits per heavy atom. The zero-order valence-corrected chi connectivity index (χ0v) is 11.9. The van der Waals surface area contributed by atoms with Crippen molar-refractivity contribution in [2.75, 3.05) is 24.7 Å². The molecule has 3 rings (SSSR count). The Bertz CT molecular complexity index is 786. The second-order valence-electron chi connectivity index (χ2n) is 4.92. The van der Waals surface area contributed by atoms with Crippen molar-refractivity contribution in [3.63, 3.8) is 0 Å². The number of nitrogens with two attached hydrogens (primary N) is 1. The van der Waals surface area contributed by atoms with Crippen LogP contribution in [-0.2, 0) is 0 Å². The zero-order valence-electron chi connectivity index (χ0n) is 11.9. The first kappa shape index (κ1) is 13.2. The number of ether oxygens (including phenoxy) is 1. The van der Waals surface area contributed by atoms with Crippen LogP contribution in [0, 0.1) is 0 Å². The molecule has 0 aliphatic rings. The van der Waals surface area contributed by atoms with E-state index in [0.29, 0.717) is 17.3 Å². The van der Waals surface area contributed by atoms with E-state index in [1.807, 2.05) is 61.5 Å². The standard InChI is InChI=1S/C16H16N4O/c1-20(2)11-7-8-12(17)15(9-11)21-16-10-18-13-5-3-4-6-14(13)19-16/h3-10H,17H2,1-2H3. The van der Waals surface area contributed by atoms with Crippen molar-refractivity contribution in [2.24, 2.45) is 0 Å². The minimum absolute atomic E-state index is 0.427. The van der Waals surface area contributed by atoms with E-state index in [0.717, 1.165) is 16.7 Å². The number of fused-ring (bicyclic) bond motifs is 1. The van der Waals surface area contributed by atoms with Crippen LogP contribution in [-0.4, -0.2) is 24.1 Å². The summed E-state index contributed by atoms with van der Waals surface area (Å²) in [6.45, 7) is 0. The quantitative estimate of drug-likeness (QED) is 0.747. The van der Waals surface area contributed by atoms with Gasteiger partial charge in [0.2, 0.25) is 5.88 Å². The highest BCUT2D eigenvalue weighted by atomic mass is 16.5. The maximum Gasteiger partial charge on any atom is 0.238 e. The lowest BCUT2D eigenvalue weighted by Gasteiger charge is -2.15. The van der Waals surface area contributed by atoms with Gasteiger partial charge in [-0.2, -0.15) is 0 Å². The van der Waals surface area contributed by atoms with Gasteiger partial charge in [-0.3, -0.25) is 0 Å². The van der Waals surface area contributed by atoms with Gasteiger partial charge in [-0.15, -0.1) is 0 Å². The summed E-state index contributed by atoms with van der Waals surface area (Å²) >= 11 is 0. The second kappa shape index (κ2) is 5.28. The molecule has 0 spiro atoms. The lowest BCUT2D eigenvalue weighted by atomic mass is 10.2. The number of hydrogen-bond donors (Lipinski definition) is 1. The summed E-state index contributed by atoms with van der Waals surface area (Å²) in [5.74, 6) is 1.00. The summed E-state index contributed by atoms with van der Waals surface area (Å²) in [7, 11) is 3.93. The van der Waals surface area contributed by atoms with Crippen LogP contribution in [0.15, 0.2) is 48.7 Å². The summed E-state index contributed by atoms with van der Waals surface area (Å²) in [6.07, 6.45) is 1.60. The number of aromatic nitrogens is 2. The van der Waals surface area contributed by atoms with Crippen LogP contribution >= 0.6 is 0 Å². The second-order valence-corrected chi connectivity index (χ2v) is 4.92. The van der Waals surface area contributed by atoms with Gasteiger partial charge in [-0.25, -0.2) is 9.97 Å². The van der Waals surface area contributed by atoms with Crippen molar-refractivity contribution in [3.8, 4) is 11.6 Å². The molecule has 0 aliphatic heterocycles. The van der Waals surface area contributed by atoms with Crippen molar-refractivity contribution in [1.82, 2.24) is 9.97 Å². The molecule has 0 fully saturated rings. The largest absolute Gasteiger partial charge is 0.435 e. The zero-order chi connectivity index (χ0) is 14.8. The number of rotatable bonds is 3. The molecule has 2 N–H and O–H groups in total. The van der Waals surface area contributed by atoms with Gasteiger partial charge in [0.25, 0.3) is 0 Å². The Morgan fingerprint density at radius 2 is 1.81 bits per heavy atom. The maximum atomic E-state index is 5.96. The number of anilines is 2. The third-order valence-corrected chi connectivity index (χ3v) is 3.15. The lowest BCUT2D eigenvalue weighted by molar-refractivity contribution is 0.465. The van der Waals surface area contributed by atoms with E-state index < -0.39 is 0 Å². The van der Waals surface area contributed by atoms with Crippen LogP contribution < -0.4 is 15.4 Å². The molecule has 106 valence electrons. The molecule has 0 unspecified atom stereocenters. The van der Waals surface area contributed by atoms with Crippen LogP contribution in [0.3, 0.4) is 0 Å². The molecule has 0 atom stereocenters. The molecule has 1 heterocycles. The first-order valence-corrected chi connectivity index (χ1v) is 6.60. The van der Waals surface area contributed by atoms with E-state index in [1.54, 1.807) is 6.20 Å². The third kappa shape index (κ3) is 2.72. The van der Waals surface area contributed by atoms with E-state index in [1.165, 1.54) is 0 Å². The molecule has 0 amide bonds. The van der Waals surface area contributed by atoms with E-state index in [4.69, 9.17) is 10.5 Å². The third-order valence-electron chi connectivity index (χ3n) is 3.15. The van der Waals surface area contributed by atoms with Gasteiger partial charge in [0.1, 0.15) is 0 Å². The fourth-order valence-corrected chi connectivity index (χ4v) is 1.99. The average molecular weight is 280 g/mol. The van der Waals surface area contributed by atoms with Gasteiger partial charge in [0.05, 0.1) is 22.9 Å². The van der Waals surface area contributed by atoms with Crippen molar-refractivity contribution in [2.45, 2.75) is 0 Å². The molecule has 0 aliphatic carbocycles. The Kier molecular flexibility index (Phi) is 3.31. The first-order chi connectivity index (χ1) is 10.1. The van der Waals surface area contributed by atoms with Crippen molar-refractivity contribution in [3.05, 3.63) is 48.7 Å². The first-order valence-electron chi connectivity index (χ1n) is 6.60. The molecule has 0 bridgehead atoms. The monoisotopic (exact) mass is 280 g/mol. The number of para-hydroxylation sites is 2. The molecule has 5 nitrogen and oxygen atoms in total. The minimum atomic E-state index is 0.427. The van der Waals surface area contributed by atoms with Gasteiger partial charge >= 0.3 is 0 Å². The summed E-state index contributed by atoms with van der Waals surface area (Å²) in [4.78, 5) is 10.7. The maximum absolute atomic E-state index is 5.96. The molecule has 3 aromatic rings. The van der Waals surface area contributed by atoms with E-state index in [-0.39, 0.29) is 0 Å².